The SMILES string of the molecule is C/C(=N\NC(=O)c1ccccc1Cl)c1ccc(C2CCCCC2)cc1. The van der Waals surface area contributed by atoms with Crippen LogP contribution < -0.4 is 5.43 Å². The molecule has 2 aromatic rings. The van der Waals surface area contributed by atoms with E-state index in [1.54, 1.807) is 24.3 Å². The van der Waals surface area contributed by atoms with Gasteiger partial charge in [-0.3, -0.25) is 4.79 Å². The van der Waals surface area contributed by atoms with Crippen LogP contribution in [0.3, 0.4) is 0 Å². The first-order chi connectivity index (χ1) is 12.1. The van der Waals surface area contributed by atoms with Crippen LogP contribution in [-0.4, -0.2) is 11.6 Å². The van der Waals surface area contributed by atoms with Crippen LogP contribution in [0.5, 0.6) is 0 Å². The van der Waals surface area contributed by atoms with Crippen molar-refractivity contribution in [1.82, 2.24) is 5.43 Å². The third-order valence-corrected chi connectivity index (χ3v) is 5.18. The monoisotopic (exact) mass is 354 g/mol. The highest BCUT2D eigenvalue weighted by atomic mass is 35.5. The Hall–Kier alpha value is -2.13. The van der Waals surface area contributed by atoms with Gasteiger partial charge in [-0.25, -0.2) is 5.43 Å². The summed E-state index contributed by atoms with van der Waals surface area (Å²) in [6.07, 6.45) is 6.62. The van der Waals surface area contributed by atoms with Gasteiger partial charge in [0.2, 0.25) is 0 Å². The second-order valence-electron chi connectivity index (χ2n) is 6.57. The first-order valence-corrected chi connectivity index (χ1v) is 9.22. The molecule has 1 aliphatic rings. The molecular formula is C21H23ClN2O. The van der Waals surface area contributed by atoms with Crippen molar-refractivity contribution in [3.05, 3.63) is 70.2 Å². The zero-order valence-electron chi connectivity index (χ0n) is 14.5. The van der Waals surface area contributed by atoms with E-state index in [2.05, 4.69) is 34.8 Å². The Labute approximate surface area is 154 Å². The van der Waals surface area contributed by atoms with E-state index in [1.165, 1.54) is 37.7 Å². The maximum Gasteiger partial charge on any atom is 0.272 e. The van der Waals surface area contributed by atoms with Gasteiger partial charge < -0.3 is 0 Å². The zero-order valence-corrected chi connectivity index (χ0v) is 15.2. The molecule has 1 amide bonds. The second kappa shape index (κ2) is 8.30. The average molecular weight is 355 g/mol. The van der Waals surface area contributed by atoms with Gasteiger partial charge in [-0.2, -0.15) is 5.10 Å². The van der Waals surface area contributed by atoms with E-state index in [0.29, 0.717) is 16.5 Å². The molecule has 0 aliphatic heterocycles. The second-order valence-corrected chi connectivity index (χ2v) is 6.98. The number of rotatable bonds is 4. The molecule has 0 spiro atoms. The quantitative estimate of drug-likeness (QED) is 0.568. The van der Waals surface area contributed by atoms with Crippen LogP contribution in [0.2, 0.25) is 5.02 Å². The number of amides is 1. The molecule has 2 aromatic carbocycles. The standard InChI is InChI=1S/C21H23ClN2O/c1-15(23-24-21(25)19-9-5-6-10-20(19)22)16-11-13-18(14-12-16)17-7-3-2-4-8-17/h5-6,9-14,17H,2-4,7-8H2,1H3,(H,24,25)/b23-15+. The number of hydrogen-bond donors (Lipinski definition) is 1. The Kier molecular flexibility index (Phi) is 5.87. The fourth-order valence-corrected chi connectivity index (χ4v) is 3.56. The number of carbonyl (C=O) groups excluding carboxylic acids is 1. The molecule has 0 atom stereocenters. The summed E-state index contributed by atoms with van der Waals surface area (Å²) < 4.78 is 0. The van der Waals surface area contributed by atoms with Crippen LogP contribution in [0.1, 0.15) is 66.4 Å². The van der Waals surface area contributed by atoms with Crippen molar-refractivity contribution >= 4 is 23.2 Å². The van der Waals surface area contributed by atoms with Crippen molar-refractivity contribution in [3.8, 4) is 0 Å². The molecule has 1 aliphatic carbocycles. The number of carbonyl (C=O) groups is 1. The Morgan fingerprint density at radius 1 is 1.04 bits per heavy atom. The normalized spacial score (nSPS) is 15.8. The van der Waals surface area contributed by atoms with Crippen LogP contribution in [0.15, 0.2) is 53.6 Å². The summed E-state index contributed by atoms with van der Waals surface area (Å²) in [4.78, 5) is 12.2. The lowest BCUT2D eigenvalue weighted by Crippen LogP contribution is -2.19. The van der Waals surface area contributed by atoms with Crippen molar-refractivity contribution in [3.63, 3.8) is 0 Å². The summed E-state index contributed by atoms with van der Waals surface area (Å²) in [6, 6.07) is 15.5. The predicted octanol–water partition coefficient (Wildman–Crippen LogP) is 5.54. The van der Waals surface area contributed by atoms with Crippen molar-refractivity contribution in [1.29, 1.82) is 0 Å². The van der Waals surface area contributed by atoms with Gasteiger partial charge >= 0.3 is 0 Å². The first-order valence-electron chi connectivity index (χ1n) is 8.84. The summed E-state index contributed by atoms with van der Waals surface area (Å²) >= 11 is 6.03. The van der Waals surface area contributed by atoms with E-state index in [-0.39, 0.29) is 5.91 Å². The summed E-state index contributed by atoms with van der Waals surface area (Å²) in [5.41, 5.74) is 6.20. The fourth-order valence-electron chi connectivity index (χ4n) is 3.34. The summed E-state index contributed by atoms with van der Waals surface area (Å²) in [5, 5.41) is 4.63. The van der Waals surface area contributed by atoms with E-state index in [4.69, 9.17) is 11.6 Å². The average Bonchev–Trinajstić information content (AvgIpc) is 2.67. The number of nitrogens with zero attached hydrogens (tertiary/aromatic N) is 1. The van der Waals surface area contributed by atoms with Gasteiger partial charge in [0.05, 0.1) is 16.3 Å². The highest BCUT2D eigenvalue weighted by molar-refractivity contribution is 6.33. The molecule has 130 valence electrons. The van der Waals surface area contributed by atoms with Crippen LogP contribution in [0.4, 0.5) is 0 Å². The molecule has 0 bridgehead atoms. The Bertz CT molecular complexity index is 762. The molecule has 0 unspecified atom stereocenters. The molecule has 1 N–H and O–H groups in total. The molecule has 3 rings (SSSR count). The minimum absolute atomic E-state index is 0.302. The molecule has 0 heterocycles. The summed E-state index contributed by atoms with van der Waals surface area (Å²) in [5.74, 6) is 0.392. The maximum atomic E-state index is 12.2. The van der Waals surface area contributed by atoms with Crippen molar-refractivity contribution in [2.45, 2.75) is 44.9 Å². The van der Waals surface area contributed by atoms with Crippen LogP contribution in [0, 0.1) is 0 Å². The zero-order chi connectivity index (χ0) is 17.6. The minimum Gasteiger partial charge on any atom is -0.267 e. The molecular weight excluding hydrogens is 332 g/mol. The lowest BCUT2D eigenvalue weighted by Gasteiger charge is -2.22. The largest absolute Gasteiger partial charge is 0.272 e. The first kappa shape index (κ1) is 17.7. The topological polar surface area (TPSA) is 41.5 Å². The molecule has 25 heavy (non-hydrogen) atoms. The third kappa shape index (κ3) is 4.49. The van der Waals surface area contributed by atoms with Crippen molar-refractivity contribution in [2.75, 3.05) is 0 Å². The van der Waals surface area contributed by atoms with Crippen molar-refractivity contribution in [2.24, 2.45) is 5.10 Å². The maximum absolute atomic E-state index is 12.2. The van der Waals surface area contributed by atoms with E-state index in [9.17, 15) is 4.79 Å². The molecule has 1 fully saturated rings. The highest BCUT2D eigenvalue weighted by Crippen LogP contribution is 2.32. The Balaban J connectivity index is 1.66. The van der Waals surface area contributed by atoms with Crippen molar-refractivity contribution < 1.29 is 4.79 Å². The Morgan fingerprint density at radius 3 is 2.40 bits per heavy atom. The lowest BCUT2D eigenvalue weighted by molar-refractivity contribution is 0.0955. The van der Waals surface area contributed by atoms with E-state index < -0.39 is 0 Å². The van der Waals surface area contributed by atoms with Gasteiger partial charge in [0.15, 0.2) is 0 Å². The van der Waals surface area contributed by atoms with Gasteiger partial charge in [0.25, 0.3) is 5.91 Å². The van der Waals surface area contributed by atoms with Gasteiger partial charge in [0, 0.05) is 0 Å². The van der Waals surface area contributed by atoms with Gasteiger partial charge in [-0.1, -0.05) is 67.3 Å². The fraction of sp³-hybridized carbons (Fsp3) is 0.333. The number of halogens is 1. The molecule has 0 saturated heterocycles. The smallest absolute Gasteiger partial charge is 0.267 e. The number of hydrogen-bond acceptors (Lipinski definition) is 2. The minimum atomic E-state index is -0.302. The summed E-state index contributed by atoms with van der Waals surface area (Å²) in [7, 11) is 0. The number of benzene rings is 2. The van der Waals surface area contributed by atoms with E-state index >= 15 is 0 Å². The third-order valence-electron chi connectivity index (χ3n) is 4.85. The van der Waals surface area contributed by atoms with Crippen LogP contribution in [-0.2, 0) is 0 Å². The summed E-state index contributed by atoms with van der Waals surface area (Å²) in [6.45, 7) is 1.89. The van der Waals surface area contributed by atoms with E-state index in [1.807, 2.05) is 6.92 Å². The van der Waals surface area contributed by atoms with Gasteiger partial charge in [-0.05, 0) is 48.9 Å². The van der Waals surface area contributed by atoms with E-state index in [0.717, 1.165) is 11.3 Å². The van der Waals surface area contributed by atoms with Gasteiger partial charge in [0.1, 0.15) is 0 Å². The molecule has 3 nitrogen and oxygen atoms in total. The van der Waals surface area contributed by atoms with Crippen LogP contribution >= 0.6 is 11.6 Å². The Morgan fingerprint density at radius 2 is 1.72 bits per heavy atom. The molecule has 0 aromatic heterocycles. The lowest BCUT2D eigenvalue weighted by atomic mass is 9.84. The highest BCUT2D eigenvalue weighted by Gasteiger charge is 2.15. The predicted molar refractivity (Wildman–Crippen MR) is 103 cm³/mol. The molecule has 1 saturated carbocycles. The number of hydrazone groups is 1. The van der Waals surface area contributed by atoms with Crippen LogP contribution in [0.25, 0.3) is 0 Å². The molecule has 4 heteroatoms. The molecule has 0 radical (unpaired) electrons. The number of nitrogens with one attached hydrogen (secondary N) is 1. The van der Waals surface area contributed by atoms with Gasteiger partial charge in [-0.15, -0.1) is 0 Å².